The predicted molar refractivity (Wildman–Crippen MR) is 66.8 cm³/mol. The number of nitrogens with one attached hydrogen (secondary N) is 2. The zero-order chi connectivity index (χ0) is 13.2. The number of anilines is 2. The maximum Gasteiger partial charge on any atom is 0.265 e. The maximum absolute atomic E-state index is 12.1. The fourth-order valence-corrected chi connectivity index (χ4v) is 2.61. The molecule has 1 heterocycles. The van der Waals surface area contributed by atoms with Gasteiger partial charge in [-0.3, -0.25) is 9.82 Å². The predicted octanol–water partition coefficient (Wildman–Crippen LogP) is 0.801. The number of aromatic amines is 1. The van der Waals surface area contributed by atoms with Crippen molar-refractivity contribution < 1.29 is 13.2 Å². The number of aromatic nitrogens is 2. The van der Waals surface area contributed by atoms with Crippen LogP contribution in [0.4, 0.5) is 11.4 Å². The van der Waals surface area contributed by atoms with Crippen molar-refractivity contribution in [3.63, 3.8) is 0 Å². The van der Waals surface area contributed by atoms with Crippen molar-refractivity contribution in [3.8, 4) is 5.75 Å². The average Bonchev–Trinajstić information content (AvgIpc) is 2.80. The molecule has 0 aliphatic carbocycles. The number of H-pyrrole nitrogens is 1. The van der Waals surface area contributed by atoms with Crippen molar-refractivity contribution in [1.29, 1.82) is 0 Å². The van der Waals surface area contributed by atoms with Crippen molar-refractivity contribution in [2.24, 2.45) is 0 Å². The monoisotopic (exact) mass is 268 g/mol. The summed E-state index contributed by atoms with van der Waals surface area (Å²) in [6.07, 6.45) is 2.79. The van der Waals surface area contributed by atoms with Crippen LogP contribution in [0.2, 0.25) is 0 Å². The molecule has 0 saturated heterocycles. The Morgan fingerprint density at radius 3 is 2.83 bits per heavy atom. The fourth-order valence-electron chi connectivity index (χ4n) is 1.42. The van der Waals surface area contributed by atoms with Crippen LogP contribution in [0.15, 0.2) is 35.5 Å². The molecule has 2 aromatic rings. The zero-order valence-corrected chi connectivity index (χ0v) is 10.4. The minimum atomic E-state index is -3.73. The number of hydrogen-bond donors (Lipinski definition) is 3. The third kappa shape index (κ3) is 2.38. The summed E-state index contributed by atoms with van der Waals surface area (Å²) in [6, 6.07) is 4.33. The van der Waals surface area contributed by atoms with Gasteiger partial charge >= 0.3 is 0 Å². The third-order valence-corrected chi connectivity index (χ3v) is 3.65. The Hall–Kier alpha value is -2.22. The molecule has 0 unspecified atom stereocenters. The Balaban J connectivity index is 2.41. The molecular formula is C10H12N4O3S. The van der Waals surface area contributed by atoms with Crippen molar-refractivity contribution in [2.45, 2.75) is 4.90 Å². The maximum atomic E-state index is 12.1. The molecular weight excluding hydrogens is 256 g/mol. The summed E-state index contributed by atoms with van der Waals surface area (Å²) < 4.78 is 31.6. The highest BCUT2D eigenvalue weighted by molar-refractivity contribution is 7.92. The van der Waals surface area contributed by atoms with Crippen molar-refractivity contribution in [3.05, 3.63) is 30.6 Å². The van der Waals surface area contributed by atoms with Crippen LogP contribution in [-0.2, 0) is 10.0 Å². The van der Waals surface area contributed by atoms with E-state index in [9.17, 15) is 8.42 Å². The van der Waals surface area contributed by atoms with Gasteiger partial charge < -0.3 is 10.5 Å². The molecule has 96 valence electrons. The smallest absolute Gasteiger partial charge is 0.265 e. The standard InChI is InChI=1S/C10H12N4O3S/c1-17-9-4-7(11)2-3-10(9)18(15,16)14-8-5-12-13-6-8/h2-6,14H,11H2,1H3,(H,12,13). The summed E-state index contributed by atoms with van der Waals surface area (Å²) in [7, 11) is -2.35. The summed E-state index contributed by atoms with van der Waals surface area (Å²) in [6.45, 7) is 0. The average molecular weight is 268 g/mol. The molecule has 0 saturated carbocycles. The number of methoxy groups -OCH3 is 1. The lowest BCUT2D eigenvalue weighted by Crippen LogP contribution is -2.13. The molecule has 0 aliphatic heterocycles. The molecule has 1 aromatic carbocycles. The first-order valence-corrected chi connectivity index (χ1v) is 6.46. The van der Waals surface area contributed by atoms with E-state index in [-0.39, 0.29) is 10.6 Å². The van der Waals surface area contributed by atoms with E-state index in [2.05, 4.69) is 14.9 Å². The first-order valence-electron chi connectivity index (χ1n) is 4.98. The third-order valence-electron chi connectivity index (χ3n) is 2.23. The summed E-state index contributed by atoms with van der Waals surface area (Å²) >= 11 is 0. The highest BCUT2D eigenvalue weighted by Gasteiger charge is 2.20. The number of nitrogens with two attached hydrogens (primary N) is 1. The van der Waals surface area contributed by atoms with E-state index in [1.165, 1.54) is 37.7 Å². The van der Waals surface area contributed by atoms with Crippen molar-refractivity contribution in [2.75, 3.05) is 17.6 Å². The van der Waals surface area contributed by atoms with Gasteiger partial charge in [0.25, 0.3) is 10.0 Å². The Morgan fingerprint density at radius 2 is 2.22 bits per heavy atom. The van der Waals surface area contributed by atoms with E-state index >= 15 is 0 Å². The highest BCUT2D eigenvalue weighted by atomic mass is 32.2. The lowest BCUT2D eigenvalue weighted by atomic mass is 10.3. The molecule has 1 aromatic heterocycles. The van der Waals surface area contributed by atoms with Crippen molar-refractivity contribution >= 4 is 21.4 Å². The van der Waals surface area contributed by atoms with Gasteiger partial charge in [0.2, 0.25) is 0 Å². The van der Waals surface area contributed by atoms with Gasteiger partial charge in [-0.15, -0.1) is 0 Å². The zero-order valence-electron chi connectivity index (χ0n) is 9.54. The summed E-state index contributed by atoms with van der Waals surface area (Å²) in [4.78, 5) is 0.0143. The van der Waals surface area contributed by atoms with Crippen LogP contribution in [0.5, 0.6) is 5.75 Å². The second kappa shape index (κ2) is 4.57. The number of sulfonamides is 1. The molecule has 4 N–H and O–H groups in total. The quantitative estimate of drug-likeness (QED) is 0.710. The molecule has 0 aliphatic rings. The van der Waals surface area contributed by atoms with Gasteiger partial charge in [0.05, 0.1) is 19.0 Å². The molecule has 0 atom stereocenters. The fraction of sp³-hybridized carbons (Fsp3) is 0.100. The Morgan fingerprint density at radius 1 is 1.44 bits per heavy atom. The topological polar surface area (TPSA) is 110 Å². The van der Waals surface area contributed by atoms with Crippen LogP contribution in [0.1, 0.15) is 0 Å². The van der Waals surface area contributed by atoms with E-state index in [1.54, 1.807) is 0 Å². The molecule has 0 fully saturated rings. The van der Waals surface area contributed by atoms with Gasteiger partial charge in [0.15, 0.2) is 0 Å². The number of hydrogen-bond acceptors (Lipinski definition) is 5. The summed E-state index contributed by atoms with van der Waals surface area (Å²) in [5, 5.41) is 6.17. The minimum Gasteiger partial charge on any atom is -0.495 e. The SMILES string of the molecule is COc1cc(N)ccc1S(=O)(=O)Nc1cn[nH]c1. The molecule has 0 spiro atoms. The van der Waals surface area contributed by atoms with Crippen LogP contribution < -0.4 is 15.2 Å². The van der Waals surface area contributed by atoms with Crippen LogP contribution in [0.3, 0.4) is 0 Å². The minimum absolute atomic E-state index is 0.0143. The Labute approximate surface area is 104 Å². The van der Waals surface area contributed by atoms with Crippen LogP contribution in [0, 0.1) is 0 Å². The Kier molecular flexibility index (Phi) is 3.11. The van der Waals surface area contributed by atoms with E-state index in [0.717, 1.165) is 0 Å². The normalized spacial score (nSPS) is 11.2. The van der Waals surface area contributed by atoms with Gasteiger partial charge in [-0.1, -0.05) is 0 Å². The Bertz CT molecular complexity index is 637. The van der Waals surface area contributed by atoms with Crippen molar-refractivity contribution in [1.82, 2.24) is 10.2 Å². The first-order chi connectivity index (χ1) is 8.53. The molecule has 7 nitrogen and oxygen atoms in total. The second-order valence-corrected chi connectivity index (χ2v) is 5.15. The molecule has 0 radical (unpaired) electrons. The number of rotatable bonds is 4. The van der Waals surface area contributed by atoms with Crippen LogP contribution in [0.25, 0.3) is 0 Å². The van der Waals surface area contributed by atoms with E-state index in [1.807, 2.05) is 0 Å². The number of ether oxygens (including phenoxy) is 1. The van der Waals surface area contributed by atoms with Gasteiger partial charge in [-0.25, -0.2) is 8.42 Å². The van der Waals surface area contributed by atoms with E-state index < -0.39 is 10.0 Å². The summed E-state index contributed by atoms with van der Waals surface area (Å²) in [5.41, 5.74) is 6.34. The van der Waals surface area contributed by atoms with Gasteiger partial charge in [-0.2, -0.15) is 5.10 Å². The molecule has 18 heavy (non-hydrogen) atoms. The van der Waals surface area contributed by atoms with E-state index in [0.29, 0.717) is 11.4 Å². The van der Waals surface area contributed by atoms with Crippen LogP contribution in [-0.4, -0.2) is 25.7 Å². The molecule has 2 rings (SSSR count). The van der Waals surface area contributed by atoms with Gasteiger partial charge in [-0.05, 0) is 12.1 Å². The molecule has 0 amide bonds. The lowest BCUT2D eigenvalue weighted by molar-refractivity contribution is 0.403. The first kappa shape index (κ1) is 12.2. The second-order valence-electron chi connectivity index (χ2n) is 3.50. The van der Waals surface area contributed by atoms with Gasteiger partial charge in [0, 0.05) is 18.0 Å². The van der Waals surface area contributed by atoms with Gasteiger partial charge in [0.1, 0.15) is 10.6 Å². The summed E-state index contributed by atoms with van der Waals surface area (Å²) in [5.74, 6) is 0.186. The number of nitrogen functional groups attached to an aromatic ring is 1. The number of nitrogens with zero attached hydrogens (tertiary/aromatic N) is 1. The van der Waals surface area contributed by atoms with Crippen LogP contribution >= 0.6 is 0 Å². The number of benzene rings is 1. The molecule has 0 bridgehead atoms. The largest absolute Gasteiger partial charge is 0.495 e. The lowest BCUT2D eigenvalue weighted by Gasteiger charge is -2.10. The highest BCUT2D eigenvalue weighted by Crippen LogP contribution is 2.27. The molecule has 8 heteroatoms. The van der Waals surface area contributed by atoms with E-state index in [4.69, 9.17) is 10.5 Å².